The Balaban J connectivity index is 1.59. The summed E-state index contributed by atoms with van der Waals surface area (Å²) in [6.07, 6.45) is -1.88. The first-order chi connectivity index (χ1) is 31.3. The molecule has 0 aliphatic carbocycles. The molecule has 2 N–H and O–H groups in total. The molecule has 66 heavy (non-hydrogen) atoms. The zero-order valence-corrected chi connectivity index (χ0v) is 41.9. The number of carbonyl (C=O) groups excluding carboxylic acids is 1. The van der Waals surface area contributed by atoms with Crippen LogP contribution in [0.15, 0.2) is 90.0 Å². The van der Waals surface area contributed by atoms with Crippen molar-refractivity contribution in [3.8, 4) is 17.6 Å². The van der Waals surface area contributed by atoms with Gasteiger partial charge in [0.1, 0.15) is 35.4 Å². The van der Waals surface area contributed by atoms with Gasteiger partial charge in [-0.05, 0) is 86.8 Å². The number of aromatic amines is 1. The number of rotatable bonds is 20. The van der Waals surface area contributed by atoms with Crippen LogP contribution in [0.5, 0.6) is 11.5 Å². The van der Waals surface area contributed by atoms with Gasteiger partial charge >= 0.3 is 0 Å². The minimum Gasteiger partial charge on any atom is -0.497 e. The third-order valence-electron chi connectivity index (χ3n) is 12.0. The van der Waals surface area contributed by atoms with E-state index in [9.17, 15) is 14.9 Å². The van der Waals surface area contributed by atoms with Crippen LogP contribution in [0.4, 0.5) is 5.95 Å². The highest BCUT2D eigenvalue weighted by atomic mass is 31.2. The average Bonchev–Trinajstić information content (AvgIpc) is 3.84. The summed E-state index contributed by atoms with van der Waals surface area (Å²) in [5.41, 5.74) is 0.952. The molecule has 2 aromatic heterocycles. The Labute approximate surface area is 390 Å². The van der Waals surface area contributed by atoms with Crippen LogP contribution < -0.4 is 20.3 Å². The molecule has 3 aromatic carbocycles. The number of carbonyl (C=O) groups is 1. The monoisotopic (exact) mass is 941 g/mol. The van der Waals surface area contributed by atoms with Crippen LogP contribution in [0, 0.1) is 11.3 Å². The number of fused-ring (bicyclic) bond motifs is 1. The minimum atomic E-state index is -2.69. The highest BCUT2D eigenvalue weighted by Crippen LogP contribution is 2.53. The normalized spacial score (nSPS) is 18.5. The molecule has 1 fully saturated rings. The first-order valence-corrected chi connectivity index (χ1v) is 26.2. The van der Waals surface area contributed by atoms with E-state index in [1.807, 2.05) is 78.9 Å². The summed E-state index contributed by atoms with van der Waals surface area (Å²) in [5.74, 6) is 0.913. The van der Waals surface area contributed by atoms with Gasteiger partial charge < -0.3 is 32.4 Å². The van der Waals surface area contributed by atoms with E-state index in [0.717, 1.165) is 16.7 Å². The molecule has 0 radical (unpaired) electrons. The van der Waals surface area contributed by atoms with Gasteiger partial charge in [0.15, 0.2) is 25.7 Å². The number of H-pyrrole nitrogens is 1. The number of benzene rings is 3. The molecule has 1 aliphatic rings. The Morgan fingerprint density at radius 2 is 1.52 bits per heavy atom. The van der Waals surface area contributed by atoms with Crippen molar-refractivity contribution < 1.29 is 37.2 Å². The number of nitrogens with zero attached hydrogens (tertiary/aromatic N) is 5. The molecule has 0 saturated carbocycles. The predicted molar refractivity (Wildman–Crippen MR) is 257 cm³/mol. The summed E-state index contributed by atoms with van der Waals surface area (Å²) in [6.45, 7) is 20.5. The van der Waals surface area contributed by atoms with Crippen LogP contribution in [0.3, 0.4) is 0 Å². The molecule has 16 nitrogen and oxygen atoms in total. The predicted octanol–water partition coefficient (Wildman–Crippen LogP) is 9.05. The second kappa shape index (κ2) is 21.3. The Hall–Kier alpha value is -5.02. The highest BCUT2D eigenvalue weighted by Gasteiger charge is 2.54. The summed E-state index contributed by atoms with van der Waals surface area (Å²) in [6, 6.07) is 27.7. The van der Waals surface area contributed by atoms with E-state index in [1.54, 1.807) is 18.8 Å². The third kappa shape index (κ3) is 10.9. The van der Waals surface area contributed by atoms with E-state index in [4.69, 9.17) is 32.4 Å². The molecule has 1 aliphatic heterocycles. The number of imidazole rings is 1. The van der Waals surface area contributed by atoms with Gasteiger partial charge in [-0.25, -0.2) is 9.65 Å². The summed E-state index contributed by atoms with van der Waals surface area (Å²) in [4.78, 5) is 37.4. The fourth-order valence-electron chi connectivity index (χ4n) is 7.85. The van der Waals surface area contributed by atoms with Crippen LogP contribution in [0.2, 0.25) is 18.1 Å². The molecule has 6 rings (SSSR count). The van der Waals surface area contributed by atoms with Crippen molar-refractivity contribution in [1.82, 2.24) is 24.2 Å². The molecule has 1 unspecified atom stereocenters. The van der Waals surface area contributed by atoms with Crippen molar-refractivity contribution in [2.75, 3.05) is 32.8 Å². The number of nitriles is 1. The van der Waals surface area contributed by atoms with Crippen LogP contribution in [0.25, 0.3) is 11.2 Å². The van der Waals surface area contributed by atoms with Crippen molar-refractivity contribution in [2.24, 2.45) is 0 Å². The smallest absolute Gasteiger partial charge is 0.280 e. The highest BCUT2D eigenvalue weighted by molar-refractivity contribution is 7.44. The lowest BCUT2D eigenvalue weighted by Crippen LogP contribution is -2.50. The Kier molecular flexibility index (Phi) is 16.3. The van der Waals surface area contributed by atoms with E-state index in [2.05, 4.69) is 92.6 Å². The van der Waals surface area contributed by atoms with Crippen LogP contribution >= 0.6 is 8.53 Å². The molecule has 5 aromatic rings. The van der Waals surface area contributed by atoms with Gasteiger partial charge in [-0.3, -0.25) is 24.5 Å². The first-order valence-electron chi connectivity index (χ1n) is 22.2. The topological polar surface area (TPSA) is 184 Å². The quantitative estimate of drug-likeness (QED) is 0.0326. The molecule has 5 atom stereocenters. The fourth-order valence-corrected chi connectivity index (χ4v) is 10.9. The maximum atomic E-state index is 13.5. The lowest BCUT2D eigenvalue weighted by atomic mass is 9.80. The zero-order valence-electron chi connectivity index (χ0n) is 40.0. The Bertz CT molecular complexity index is 2430. The van der Waals surface area contributed by atoms with Gasteiger partial charge in [0.05, 0.1) is 46.3 Å². The van der Waals surface area contributed by atoms with E-state index in [1.165, 1.54) is 13.3 Å². The van der Waals surface area contributed by atoms with Crippen molar-refractivity contribution in [1.29, 1.82) is 5.26 Å². The molecule has 3 heterocycles. The second-order valence-corrected chi connectivity index (χ2v) is 24.4. The maximum absolute atomic E-state index is 13.5. The molecule has 18 heteroatoms. The first kappa shape index (κ1) is 50.4. The summed E-state index contributed by atoms with van der Waals surface area (Å²) >= 11 is 0. The molecular formula is C48H64N7O9PSi. The second-order valence-electron chi connectivity index (χ2n) is 18.3. The number of nitrogens with one attached hydrogen (secondary N) is 2. The van der Waals surface area contributed by atoms with E-state index in [0.29, 0.717) is 11.5 Å². The molecule has 0 spiro atoms. The zero-order chi connectivity index (χ0) is 48.0. The van der Waals surface area contributed by atoms with E-state index >= 15 is 0 Å². The lowest BCUT2D eigenvalue weighted by Gasteiger charge is -2.42. The molecular weight excluding hydrogens is 878 g/mol. The van der Waals surface area contributed by atoms with Gasteiger partial charge in [-0.1, -0.05) is 75.4 Å². The maximum Gasteiger partial charge on any atom is 0.280 e. The fraction of sp³-hybridized carbons (Fsp3) is 0.479. The van der Waals surface area contributed by atoms with Gasteiger partial charge in [0.2, 0.25) is 11.9 Å². The number of ether oxygens (including phenoxy) is 4. The largest absolute Gasteiger partial charge is 0.497 e. The third-order valence-corrected chi connectivity index (χ3v) is 18.6. The summed E-state index contributed by atoms with van der Waals surface area (Å²) in [7, 11) is -1.28. The Morgan fingerprint density at radius 1 is 0.939 bits per heavy atom. The summed E-state index contributed by atoms with van der Waals surface area (Å²) in [5, 5.41) is 11.9. The molecule has 0 bridgehead atoms. The minimum absolute atomic E-state index is 0.0117. The SMILES string of the molecule is COc1ccc(C(OC[C@H]2O[C@@H](n3cnc4c(=O)[nH]c(NC(C)=O)nc43)[C@H](O[Si](C)(C)C(C)(C)C)[C@@H]2OP(OCCC#N)N(C(C)C)C(C)C)(c2ccccc2)c2ccc(OC)cc2)cc1. The van der Waals surface area contributed by atoms with Crippen molar-refractivity contribution >= 4 is 39.9 Å². The van der Waals surface area contributed by atoms with Crippen molar-refractivity contribution in [3.05, 3.63) is 112 Å². The number of aromatic nitrogens is 4. The van der Waals surface area contributed by atoms with Crippen LogP contribution in [-0.4, -0.2) is 96.2 Å². The number of hydrogen-bond acceptors (Lipinski definition) is 13. The van der Waals surface area contributed by atoms with Crippen LogP contribution in [-0.2, 0) is 33.3 Å². The molecule has 354 valence electrons. The lowest BCUT2D eigenvalue weighted by molar-refractivity contribution is -0.114. The van der Waals surface area contributed by atoms with Crippen molar-refractivity contribution in [2.45, 2.75) is 122 Å². The van der Waals surface area contributed by atoms with Gasteiger partial charge in [-0.2, -0.15) is 10.2 Å². The van der Waals surface area contributed by atoms with Crippen molar-refractivity contribution in [3.63, 3.8) is 0 Å². The average molecular weight is 942 g/mol. The van der Waals surface area contributed by atoms with Gasteiger partial charge in [0, 0.05) is 19.0 Å². The standard InChI is InChI=1S/C48H64N7O9PSi/c1-31(2)55(32(3)4)65(61-28-16-27-49)63-41-39(29-60-48(34-17-14-13-15-18-34,35-19-23-37(58-9)24-20-35)36-21-25-38(59-10)26-22-36)62-45(42(41)64-66(11,12)47(6,7)8)54-30-50-40-43(54)52-46(51-33(5)56)53-44(40)57/h13-15,17-26,30-32,39,41-42,45H,16,28-29H2,1-12H3,(H2,51,52,53,56,57)/t39-,41-,42-,45-,65?/m1/s1. The molecule has 1 amide bonds. The summed E-state index contributed by atoms with van der Waals surface area (Å²) < 4.78 is 51.1. The number of hydrogen-bond donors (Lipinski definition) is 2. The van der Waals surface area contributed by atoms with Crippen LogP contribution in [0.1, 0.15) is 84.7 Å². The van der Waals surface area contributed by atoms with E-state index < -0.39 is 58.5 Å². The number of anilines is 1. The number of methoxy groups -OCH3 is 2. The van der Waals surface area contributed by atoms with Gasteiger partial charge in [0.25, 0.3) is 14.1 Å². The number of amides is 1. The van der Waals surface area contributed by atoms with E-state index in [-0.39, 0.29) is 53.9 Å². The van der Waals surface area contributed by atoms with Gasteiger partial charge in [-0.15, -0.1) is 0 Å². The molecule has 1 saturated heterocycles. The Morgan fingerprint density at radius 3 is 2.03 bits per heavy atom.